The molecule has 0 aliphatic rings. The van der Waals surface area contributed by atoms with Crippen molar-refractivity contribution in [2.75, 3.05) is 25.4 Å². The fraction of sp³-hybridized carbons (Fsp3) is 1.00. The van der Waals surface area contributed by atoms with Gasteiger partial charge < -0.3 is 10.4 Å². The Hall–Kier alpha value is 0.270. The molecule has 2 nitrogen and oxygen atoms in total. The summed E-state index contributed by atoms with van der Waals surface area (Å²) < 4.78 is 0. The molecule has 0 aromatic heterocycles. The van der Waals surface area contributed by atoms with E-state index in [4.69, 9.17) is 5.11 Å². The van der Waals surface area contributed by atoms with Gasteiger partial charge in [0.2, 0.25) is 0 Å². The monoisotopic (exact) mass is 205 g/mol. The molecule has 1 atom stereocenters. The van der Waals surface area contributed by atoms with Crippen LogP contribution in [-0.4, -0.2) is 35.8 Å². The van der Waals surface area contributed by atoms with Crippen LogP contribution in [0.5, 0.6) is 0 Å². The van der Waals surface area contributed by atoms with Crippen LogP contribution in [0.4, 0.5) is 0 Å². The van der Waals surface area contributed by atoms with Crippen LogP contribution in [0.25, 0.3) is 0 Å². The first-order valence-electron chi connectivity index (χ1n) is 5.10. The highest BCUT2D eigenvalue weighted by atomic mass is 32.2. The summed E-state index contributed by atoms with van der Waals surface area (Å²) in [5.41, 5.74) is 0. The van der Waals surface area contributed by atoms with E-state index in [0.717, 1.165) is 24.8 Å². The van der Waals surface area contributed by atoms with Crippen molar-refractivity contribution in [1.82, 2.24) is 5.32 Å². The Morgan fingerprint density at radius 1 is 1.31 bits per heavy atom. The van der Waals surface area contributed by atoms with Crippen molar-refractivity contribution in [2.24, 2.45) is 5.92 Å². The lowest BCUT2D eigenvalue weighted by atomic mass is 10.2. The van der Waals surface area contributed by atoms with Crippen molar-refractivity contribution in [1.29, 1.82) is 0 Å². The first kappa shape index (κ1) is 13.3. The van der Waals surface area contributed by atoms with Crippen LogP contribution in [0.3, 0.4) is 0 Å². The van der Waals surface area contributed by atoms with Crippen LogP contribution in [0.2, 0.25) is 0 Å². The third kappa shape index (κ3) is 10.2. The second kappa shape index (κ2) is 8.85. The van der Waals surface area contributed by atoms with E-state index in [9.17, 15) is 0 Å². The Kier molecular flexibility index (Phi) is 9.03. The Morgan fingerprint density at radius 3 is 2.54 bits per heavy atom. The molecule has 0 saturated heterocycles. The first-order valence-corrected chi connectivity index (χ1v) is 6.15. The molecule has 3 heteroatoms. The highest BCUT2D eigenvalue weighted by Crippen LogP contribution is 2.09. The lowest BCUT2D eigenvalue weighted by molar-refractivity contribution is 0.300. The standard InChI is InChI=1S/C10H23NOS/c1-9(2)7-11-5-4-6-13-10(3)8-12/h9-12H,4-8H2,1-3H3. The van der Waals surface area contributed by atoms with E-state index in [1.54, 1.807) is 0 Å². The minimum absolute atomic E-state index is 0.296. The minimum atomic E-state index is 0.296. The molecule has 0 heterocycles. The molecule has 0 amide bonds. The average Bonchev–Trinajstić information content (AvgIpc) is 2.10. The topological polar surface area (TPSA) is 32.3 Å². The zero-order chi connectivity index (χ0) is 10.1. The maximum absolute atomic E-state index is 8.77. The molecular formula is C10H23NOS. The van der Waals surface area contributed by atoms with E-state index in [-0.39, 0.29) is 0 Å². The van der Waals surface area contributed by atoms with Crippen LogP contribution < -0.4 is 5.32 Å². The van der Waals surface area contributed by atoms with Gasteiger partial charge in [0.1, 0.15) is 0 Å². The Balaban J connectivity index is 2.99. The fourth-order valence-corrected chi connectivity index (χ4v) is 1.74. The third-order valence-electron chi connectivity index (χ3n) is 1.71. The van der Waals surface area contributed by atoms with Gasteiger partial charge in [0, 0.05) is 5.25 Å². The fourth-order valence-electron chi connectivity index (χ4n) is 0.925. The van der Waals surface area contributed by atoms with Crippen LogP contribution >= 0.6 is 11.8 Å². The molecule has 0 aliphatic carbocycles. The molecule has 0 saturated carbocycles. The largest absolute Gasteiger partial charge is 0.395 e. The van der Waals surface area contributed by atoms with E-state index in [1.807, 2.05) is 11.8 Å². The minimum Gasteiger partial charge on any atom is -0.395 e. The summed E-state index contributed by atoms with van der Waals surface area (Å²) in [4.78, 5) is 0. The smallest absolute Gasteiger partial charge is 0.0547 e. The molecule has 80 valence electrons. The molecule has 13 heavy (non-hydrogen) atoms. The number of aliphatic hydroxyl groups is 1. The van der Waals surface area contributed by atoms with Gasteiger partial charge in [-0.05, 0) is 31.2 Å². The predicted molar refractivity (Wildman–Crippen MR) is 61.3 cm³/mol. The summed E-state index contributed by atoms with van der Waals surface area (Å²) >= 11 is 1.85. The van der Waals surface area contributed by atoms with Crippen LogP contribution in [0.15, 0.2) is 0 Å². The number of nitrogens with one attached hydrogen (secondary N) is 1. The Morgan fingerprint density at radius 2 is 2.00 bits per heavy atom. The third-order valence-corrected chi connectivity index (χ3v) is 2.95. The quantitative estimate of drug-likeness (QED) is 0.592. The molecule has 1 unspecified atom stereocenters. The molecular weight excluding hydrogens is 182 g/mol. The molecule has 0 aliphatic heterocycles. The molecule has 2 N–H and O–H groups in total. The van der Waals surface area contributed by atoms with Gasteiger partial charge in [0.05, 0.1) is 6.61 Å². The van der Waals surface area contributed by atoms with Gasteiger partial charge in [0.25, 0.3) is 0 Å². The van der Waals surface area contributed by atoms with E-state index in [1.165, 1.54) is 6.42 Å². The van der Waals surface area contributed by atoms with Gasteiger partial charge in [-0.25, -0.2) is 0 Å². The van der Waals surface area contributed by atoms with Crippen molar-refractivity contribution in [3.63, 3.8) is 0 Å². The molecule has 0 fully saturated rings. The summed E-state index contributed by atoms with van der Waals surface area (Å²) in [6, 6.07) is 0. The van der Waals surface area contributed by atoms with Gasteiger partial charge in [-0.2, -0.15) is 11.8 Å². The number of thioether (sulfide) groups is 1. The molecule has 0 rings (SSSR count). The number of hydrogen-bond donors (Lipinski definition) is 2. The Labute approximate surface area is 86.5 Å². The van der Waals surface area contributed by atoms with Crippen molar-refractivity contribution >= 4 is 11.8 Å². The van der Waals surface area contributed by atoms with Gasteiger partial charge in [-0.1, -0.05) is 20.8 Å². The molecule has 0 bridgehead atoms. The lowest BCUT2D eigenvalue weighted by Crippen LogP contribution is -2.21. The summed E-state index contributed by atoms with van der Waals surface area (Å²) in [5.74, 6) is 1.89. The van der Waals surface area contributed by atoms with Gasteiger partial charge in [-0.15, -0.1) is 0 Å². The molecule has 0 spiro atoms. The molecule has 0 radical (unpaired) electrons. The zero-order valence-corrected chi connectivity index (χ0v) is 9.86. The van der Waals surface area contributed by atoms with Crippen molar-refractivity contribution in [3.8, 4) is 0 Å². The van der Waals surface area contributed by atoms with E-state index < -0.39 is 0 Å². The molecule has 0 aromatic rings. The number of aliphatic hydroxyl groups excluding tert-OH is 1. The summed E-state index contributed by atoms with van der Waals surface area (Å²) in [6.07, 6.45) is 1.20. The first-order chi connectivity index (χ1) is 6.16. The zero-order valence-electron chi connectivity index (χ0n) is 9.05. The molecule has 0 aromatic carbocycles. The van der Waals surface area contributed by atoms with Gasteiger partial charge in [-0.3, -0.25) is 0 Å². The predicted octanol–water partition coefficient (Wildman–Crippen LogP) is 1.74. The van der Waals surface area contributed by atoms with E-state index >= 15 is 0 Å². The van der Waals surface area contributed by atoms with E-state index in [0.29, 0.717) is 11.9 Å². The second-order valence-electron chi connectivity index (χ2n) is 3.82. The average molecular weight is 205 g/mol. The normalized spacial score (nSPS) is 13.6. The maximum Gasteiger partial charge on any atom is 0.0547 e. The van der Waals surface area contributed by atoms with Gasteiger partial charge >= 0.3 is 0 Å². The highest BCUT2D eigenvalue weighted by Gasteiger charge is 1.99. The maximum atomic E-state index is 8.77. The van der Waals surface area contributed by atoms with Crippen LogP contribution in [0.1, 0.15) is 27.2 Å². The lowest BCUT2D eigenvalue weighted by Gasteiger charge is -2.09. The highest BCUT2D eigenvalue weighted by molar-refractivity contribution is 7.99. The summed E-state index contributed by atoms with van der Waals surface area (Å²) in [6.45, 7) is 9.00. The Bertz CT molecular complexity index is 109. The van der Waals surface area contributed by atoms with Crippen molar-refractivity contribution in [2.45, 2.75) is 32.4 Å². The van der Waals surface area contributed by atoms with Crippen molar-refractivity contribution in [3.05, 3.63) is 0 Å². The van der Waals surface area contributed by atoms with Crippen LogP contribution in [0, 0.1) is 5.92 Å². The van der Waals surface area contributed by atoms with E-state index in [2.05, 4.69) is 26.1 Å². The van der Waals surface area contributed by atoms with Gasteiger partial charge in [0.15, 0.2) is 0 Å². The number of hydrogen-bond acceptors (Lipinski definition) is 3. The van der Waals surface area contributed by atoms with Crippen molar-refractivity contribution < 1.29 is 5.11 Å². The SMILES string of the molecule is CC(C)CNCCCSC(C)CO. The summed E-state index contributed by atoms with van der Waals surface area (Å²) in [5, 5.41) is 12.6. The second-order valence-corrected chi connectivity index (χ2v) is 5.36. The number of rotatable bonds is 8. The van der Waals surface area contributed by atoms with Crippen LogP contribution in [-0.2, 0) is 0 Å². The summed E-state index contributed by atoms with van der Waals surface area (Å²) in [7, 11) is 0.